The van der Waals surface area contributed by atoms with E-state index in [0.717, 1.165) is 37.2 Å². The highest BCUT2D eigenvalue weighted by Gasteiger charge is 2.23. The Morgan fingerprint density at radius 3 is 2.74 bits per heavy atom. The van der Waals surface area contributed by atoms with E-state index in [4.69, 9.17) is 0 Å². The maximum absolute atomic E-state index is 12.6. The zero-order chi connectivity index (χ0) is 16.2. The van der Waals surface area contributed by atoms with Crippen LogP contribution >= 0.6 is 0 Å². The van der Waals surface area contributed by atoms with Gasteiger partial charge in [-0.3, -0.25) is 9.69 Å². The van der Waals surface area contributed by atoms with E-state index in [1.54, 1.807) is 0 Å². The highest BCUT2D eigenvalue weighted by molar-refractivity contribution is 5.94. The van der Waals surface area contributed by atoms with Gasteiger partial charge < -0.3 is 9.88 Å². The number of nitrogens with zero attached hydrogens (tertiary/aromatic N) is 2. The van der Waals surface area contributed by atoms with Crippen molar-refractivity contribution >= 4 is 5.91 Å². The van der Waals surface area contributed by atoms with Gasteiger partial charge in [-0.1, -0.05) is 6.07 Å². The molecule has 1 saturated heterocycles. The van der Waals surface area contributed by atoms with Crippen LogP contribution in [-0.2, 0) is 0 Å². The van der Waals surface area contributed by atoms with Gasteiger partial charge in [0.25, 0.3) is 5.91 Å². The van der Waals surface area contributed by atoms with Crippen LogP contribution in [0.4, 0.5) is 0 Å². The number of hydrogen-bond donors (Lipinski definition) is 1. The van der Waals surface area contributed by atoms with E-state index in [1.165, 1.54) is 0 Å². The molecule has 0 aliphatic carbocycles. The molecule has 1 N–H and O–H groups in total. The second kappa shape index (κ2) is 7.01. The average Bonchev–Trinajstić information content (AvgIpc) is 3.10. The van der Waals surface area contributed by atoms with Crippen molar-refractivity contribution in [3.05, 3.63) is 54.4 Å². The standard InChI is InChI=1S/C19H25N3O/c1-15(2)22-12-6-8-17(14-22)20-19(23)16-7-5-9-18(13-16)21-10-3-4-11-21/h3-5,7,9-11,13,15,17H,6,8,12,14H2,1-2H3,(H,20,23)/t17-/m1/s1. The molecule has 1 fully saturated rings. The van der Waals surface area contributed by atoms with Crippen LogP contribution in [-0.4, -0.2) is 40.5 Å². The number of nitrogens with one attached hydrogen (secondary N) is 1. The molecule has 0 bridgehead atoms. The van der Waals surface area contributed by atoms with Crippen LogP contribution in [0.1, 0.15) is 37.0 Å². The fourth-order valence-electron chi connectivity index (χ4n) is 3.18. The predicted octanol–water partition coefficient (Wildman–Crippen LogP) is 3.08. The Morgan fingerprint density at radius 1 is 1.22 bits per heavy atom. The molecular formula is C19H25N3O. The summed E-state index contributed by atoms with van der Waals surface area (Å²) in [6.45, 7) is 6.50. The van der Waals surface area contributed by atoms with Crippen LogP contribution in [0.5, 0.6) is 0 Å². The van der Waals surface area contributed by atoms with Crippen molar-refractivity contribution in [1.29, 1.82) is 0 Å². The summed E-state index contributed by atoms with van der Waals surface area (Å²) in [6.07, 6.45) is 6.18. The third kappa shape index (κ3) is 3.82. The molecule has 1 amide bonds. The number of piperidine rings is 1. The Morgan fingerprint density at radius 2 is 2.00 bits per heavy atom. The molecule has 1 aromatic carbocycles. The van der Waals surface area contributed by atoms with Crippen molar-refractivity contribution in [2.45, 2.75) is 38.8 Å². The summed E-state index contributed by atoms with van der Waals surface area (Å²) in [7, 11) is 0. The molecule has 1 aliphatic rings. The number of hydrogen-bond acceptors (Lipinski definition) is 2. The fourth-order valence-corrected chi connectivity index (χ4v) is 3.18. The summed E-state index contributed by atoms with van der Waals surface area (Å²) in [5.41, 5.74) is 1.73. The predicted molar refractivity (Wildman–Crippen MR) is 93.0 cm³/mol. The second-order valence-electron chi connectivity index (χ2n) is 6.54. The van der Waals surface area contributed by atoms with E-state index in [1.807, 2.05) is 53.4 Å². The van der Waals surface area contributed by atoms with Gasteiger partial charge >= 0.3 is 0 Å². The van der Waals surface area contributed by atoms with E-state index < -0.39 is 0 Å². The number of rotatable bonds is 4. The first kappa shape index (κ1) is 15.8. The third-order valence-corrected chi connectivity index (χ3v) is 4.53. The Labute approximate surface area is 138 Å². The van der Waals surface area contributed by atoms with Crippen molar-refractivity contribution in [1.82, 2.24) is 14.8 Å². The molecular weight excluding hydrogens is 286 g/mol. The molecule has 2 aromatic rings. The zero-order valence-electron chi connectivity index (χ0n) is 13.9. The number of likely N-dealkylation sites (tertiary alicyclic amines) is 1. The van der Waals surface area contributed by atoms with Crippen molar-refractivity contribution in [2.75, 3.05) is 13.1 Å². The van der Waals surface area contributed by atoms with Crippen LogP contribution < -0.4 is 5.32 Å². The van der Waals surface area contributed by atoms with Gasteiger partial charge in [-0.2, -0.15) is 0 Å². The van der Waals surface area contributed by atoms with Crippen LogP contribution in [0, 0.1) is 0 Å². The van der Waals surface area contributed by atoms with Gasteiger partial charge in [0.2, 0.25) is 0 Å². The first-order valence-corrected chi connectivity index (χ1v) is 8.42. The summed E-state index contributed by atoms with van der Waals surface area (Å²) < 4.78 is 2.01. The number of carbonyl (C=O) groups excluding carboxylic acids is 1. The summed E-state index contributed by atoms with van der Waals surface area (Å²) in [4.78, 5) is 15.0. The lowest BCUT2D eigenvalue weighted by atomic mass is 10.0. The Bertz CT molecular complexity index is 648. The molecule has 1 atom stereocenters. The molecule has 1 aliphatic heterocycles. The summed E-state index contributed by atoms with van der Waals surface area (Å²) in [5.74, 6) is 0.0228. The van der Waals surface area contributed by atoms with Crippen molar-refractivity contribution in [2.24, 2.45) is 0 Å². The molecule has 4 nitrogen and oxygen atoms in total. The smallest absolute Gasteiger partial charge is 0.251 e. The third-order valence-electron chi connectivity index (χ3n) is 4.53. The SMILES string of the molecule is CC(C)N1CCC[C@@H](NC(=O)c2cccc(-n3cccc3)c2)C1. The van der Waals surface area contributed by atoms with Gasteiger partial charge in [0.15, 0.2) is 0 Å². The van der Waals surface area contributed by atoms with Crippen LogP contribution in [0.15, 0.2) is 48.8 Å². The first-order valence-electron chi connectivity index (χ1n) is 8.42. The van der Waals surface area contributed by atoms with Crippen LogP contribution in [0.3, 0.4) is 0 Å². The molecule has 0 spiro atoms. The maximum atomic E-state index is 12.6. The lowest BCUT2D eigenvalue weighted by Crippen LogP contribution is -2.49. The van der Waals surface area contributed by atoms with E-state index in [0.29, 0.717) is 6.04 Å². The Kier molecular flexibility index (Phi) is 4.82. The molecule has 0 radical (unpaired) electrons. The minimum atomic E-state index is 0.0228. The van der Waals surface area contributed by atoms with Gasteiger partial charge in [-0.25, -0.2) is 0 Å². The minimum Gasteiger partial charge on any atom is -0.348 e. The van der Waals surface area contributed by atoms with Crippen LogP contribution in [0.2, 0.25) is 0 Å². The van der Waals surface area contributed by atoms with Gasteiger partial charge in [0.05, 0.1) is 0 Å². The van der Waals surface area contributed by atoms with Crippen molar-refractivity contribution < 1.29 is 4.79 Å². The molecule has 0 unspecified atom stereocenters. The number of amides is 1. The van der Waals surface area contributed by atoms with Gasteiger partial charge in [0.1, 0.15) is 0 Å². The molecule has 2 heterocycles. The van der Waals surface area contributed by atoms with Crippen LogP contribution in [0.25, 0.3) is 5.69 Å². The number of carbonyl (C=O) groups is 1. The molecule has 23 heavy (non-hydrogen) atoms. The molecule has 1 aromatic heterocycles. The Balaban J connectivity index is 1.68. The maximum Gasteiger partial charge on any atom is 0.251 e. The highest BCUT2D eigenvalue weighted by Crippen LogP contribution is 2.15. The zero-order valence-corrected chi connectivity index (χ0v) is 13.9. The molecule has 3 rings (SSSR count). The molecule has 122 valence electrons. The largest absolute Gasteiger partial charge is 0.348 e. The minimum absolute atomic E-state index is 0.0228. The van der Waals surface area contributed by atoms with Crippen molar-refractivity contribution in [3.8, 4) is 5.69 Å². The summed E-state index contributed by atoms with van der Waals surface area (Å²) in [5, 5.41) is 3.20. The van der Waals surface area contributed by atoms with Crippen molar-refractivity contribution in [3.63, 3.8) is 0 Å². The van der Waals surface area contributed by atoms with Gasteiger partial charge in [-0.15, -0.1) is 0 Å². The normalized spacial score (nSPS) is 19.0. The quantitative estimate of drug-likeness (QED) is 0.942. The first-order chi connectivity index (χ1) is 11.1. The highest BCUT2D eigenvalue weighted by atomic mass is 16.1. The summed E-state index contributed by atoms with van der Waals surface area (Å²) >= 11 is 0. The lowest BCUT2D eigenvalue weighted by molar-refractivity contribution is 0.0886. The Hall–Kier alpha value is -2.07. The number of benzene rings is 1. The molecule has 0 saturated carbocycles. The summed E-state index contributed by atoms with van der Waals surface area (Å²) in [6, 6.07) is 12.5. The van der Waals surface area contributed by atoms with E-state index in [2.05, 4.69) is 24.1 Å². The van der Waals surface area contributed by atoms with E-state index >= 15 is 0 Å². The number of aromatic nitrogens is 1. The topological polar surface area (TPSA) is 37.3 Å². The average molecular weight is 311 g/mol. The monoisotopic (exact) mass is 311 g/mol. The van der Waals surface area contributed by atoms with E-state index in [9.17, 15) is 4.79 Å². The fraction of sp³-hybridized carbons (Fsp3) is 0.421. The van der Waals surface area contributed by atoms with Gasteiger partial charge in [-0.05, 0) is 63.6 Å². The second-order valence-corrected chi connectivity index (χ2v) is 6.54. The van der Waals surface area contributed by atoms with E-state index in [-0.39, 0.29) is 11.9 Å². The van der Waals surface area contributed by atoms with Gasteiger partial charge in [0, 0.05) is 42.3 Å². The molecule has 4 heteroatoms. The lowest BCUT2D eigenvalue weighted by Gasteiger charge is -2.35.